The molecule has 7 nitrogen and oxygen atoms in total. The Labute approximate surface area is 159 Å². The minimum atomic E-state index is -0.580. The number of benzene rings is 1. The predicted molar refractivity (Wildman–Crippen MR) is 103 cm³/mol. The van der Waals surface area contributed by atoms with E-state index >= 15 is 0 Å². The van der Waals surface area contributed by atoms with Crippen molar-refractivity contribution in [2.75, 3.05) is 13.7 Å². The number of ether oxygens (including phenoxy) is 1. The van der Waals surface area contributed by atoms with Crippen molar-refractivity contribution in [3.05, 3.63) is 47.3 Å². The maximum atomic E-state index is 12.9. The van der Waals surface area contributed by atoms with Crippen LogP contribution < -0.4 is 4.74 Å². The van der Waals surface area contributed by atoms with Gasteiger partial charge in [0.2, 0.25) is 6.10 Å². The van der Waals surface area contributed by atoms with Crippen LogP contribution in [0.1, 0.15) is 37.1 Å². The van der Waals surface area contributed by atoms with Crippen LogP contribution in [0.3, 0.4) is 0 Å². The molecule has 1 aromatic heterocycles. The number of amides is 1. The van der Waals surface area contributed by atoms with Crippen molar-refractivity contribution in [1.82, 2.24) is 14.7 Å². The van der Waals surface area contributed by atoms with Crippen molar-refractivity contribution in [3.63, 3.8) is 0 Å². The van der Waals surface area contributed by atoms with Crippen LogP contribution in [0.4, 0.5) is 0 Å². The van der Waals surface area contributed by atoms with Crippen molar-refractivity contribution < 1.29 is 14.4 Å². The molecule has 2 heterocycles. The summed E-state index contributed by atoms with van der Waals surface area (Å²) in [5.41, 5.74) is 3.73. The lowest BCUT2D eigenvalue weighted by atomic mass is 10.0. The Morgan fingerprint density at radius 3 is 2.67 bits per heavy atom. The molecule has 1 atom stereocenters. The van der Waals surface area contributed by atoms with Crippen molar-refractivity contribution in [1.29, 1.82) is 0 Å². The van der Waals surface area contributed by atoms with Crippen molar-refractivity contribution in [3.8, 4) is 5.75 Å². The number of hydrogen-bond acceptors (Lipinski definition) is 5. The SMILES string of the molecule is CCN(Cc1cn(CC)nc1C)C(=O)C1CC(c2ccc(OC)cc2)=NO1. The van der Waals surface area contributed by atoms with E-state index in [0.29, 0.717) is 19.5 Å². The first-order valence-electron chi connectivity index (χ1n) is 9.24. The van der Waals surface area contributed by atoms with E-state index in [0.717, 1.165) is 34.8 Å². The van der Waals surface area contributed by atoms with E-state index in [-0.39, 0.29) is 5.91 Å². The number of oxime groups is 1. The van der Waals surface area contributed by atoms with Gasteiger partial charge in [-0.15, -0.1) is 0 Å². The second kappa shape index (κ2) is 8.24. The summed E-state index contributed by atoms with van der Waals surface area (Å²) in [6.45, 7) is 7.93. The number of carbonyl (C=O) groups excluding carboxylic acids is 1. The first kappa shape index (κ1) is 18.9. The summed E-state index contributed by atoms with van der Waals surface area (Å²) < 4.78 is 7.06. The van der Waals surface area contributed by atoms with Gasteiger partial charge in [-0.2, -0.15) is 5.10 Å². The van der Waals surface area contributed by atoms with E-state index in [2.05, 4.69) is 10.3 Å². The third-order valence-corrected chi connectivity index (χ3v) is 4.79. The Kier molecular flexibility index (Phi) is 5.78. The van der Waals surface area contributed by atoms with Crippen LogP contribution in [0.2, 0.25) is 0 Å². The van der Waals surface area contributed by atoms with Gasteiger partial charge in [-0.3, -0.25) is 9.48 Å². The second-order valence-corrected chi connectivity index (χ2v) is 6.51. The molecule has 0 N–H and O–H groups in total. The zero-order chi connectivity index (χ0) is 19.4. The molecule has 144 valence electrons. The molecule has 1 aromatic carbocycles. The van der Waals surface area contributed by atoms with Crippen LogP contribution in [0.25, 0.3) is 0 Å². The molecule has 0 saturated carbocycles. The maximum Gasteiger partial charge on any atom is 0.267 e. The highest BCUT2D eigenvalue weighted by atomic mass is 16.6. The normalized spacial score (nSPS) is 16.0. The molecule has 0 bridgehead atoms. The van der Waals surface area contributed by atoms with Gasteiger partial charge in [-0.05, 0) is 50.6 Å². The van der Waals surface area contributed by atoms with Crippen LogP contribution in [-0.2, 0) is 22.7 Å². The summed E-state index contributed by atoms with van der Waals surface area (Å²) in [7, 11) is 1.63. The van der Waals surface area contributed by atoms with Crippen molar-refractivity contribution >= 4 is 11.6 Å². The van der Waals surface area contributed by atoms with Gasteiger partial charge in [0.05, 0.1) is 18.5 Å². The fourth-order valence-corrected chi connectivity index (χ4v) is 3.09. The molecule has 27 heavy (non-hydrogen) atoms. The lowest BCUT2D eigenvalue weighted by molar-refractivity contribution is -0.142. The molecule has 0 spiro atoms. The molecule has 1 unspecified atom stereocenters. The van der Waals surface area contributed by atoms with Gasteiger partial charge >= 0.3 is 0 Å². The van der Waals surface area contributed by atoms with E-state index in [1.165, 1.54) is 0 Å². The maximum absolute atomic E-state index is 12.9. The zero-order valence-electron chi connectivity index (χ0n) is 16.3. The summed E-state index contributed by atoms with van der Waals surface area (Å²) in [5.74, 6) is 0.736. The lowest BCUT2D eigenvalue weighted by Gasteiger charge is -2.22. The molecule has 3 rings (SSSR count). The van der Waals surface area contributed by atoms with E-state index in [4.69, 9.17) is 9.57 Å². The van der Waals surface area contributed by atoms with Gasteiger partial charge in [0, 0.05) is 37.8 Å². The summed E-state index contributed by atoms with van der Waals surface area (Å²) in [6.07, 6.45) is 1.89. The van der Waals surface area contributed by atoms with Gasteiger partial charge in [-0.1, -0.05) is 5.16 Å². The van der Waals surface area contributed by atoms with E-state index in [1.54, 1.807) is 12.0 Å². The molecule has 0 saturated heterocycles. The average Bonchev–Trinajstić information content (AvgIpc) is 3.32. The summed E-state index contributed by atoms with van der Waals surface area (Å²) in [4.78, 5) is 20.2. The molecule has 1 amide bonds. The van der Waals surface area contributed by atoms with Crippen LogP contribution in [-0.4, -0.2) is 46.1 Å². The fourth-order valence-electron chi connectivity index (χ4n) is 3.09. The second-order valence-electron chi connectivity index (χ2n) is 6.51. The molecule has 7 heteroatoms. The lowest BCUT2D eigenvalue weighted by Crippen LogP contribution is -2.38. The zero-order valence-corrected chi connectivity index (χ0v) is 16.3. The fraction of sp³-hybridized carbons (Fsp3) is 0.450. The predicted octanol–water partition coefficient (Wildman–Crippen LogP) is 2.76. The van der Waals surface area contributed by atoms with Gasteiger partial charge in [0.15, 0.2) is 0 Å². The van der Waals surface area contributed by atoms with E-state index < -0.39 is 6.10 Å². The topological polar surface area (TPSA) is 69.0 Å². The number of rotatable bonds is 7. The summed E-state index contributed by atoms with van der Waals surface area (Å²) in [5, 5.41) is 8.59. The molecule has 1 aliphatic rings. The molecule has 0 radical (unpaired) electrons. The van der Waals surface area contributed by atoms with Crippen molar-refractivity contribution in [2.45, 2.75) is 46.4 Å². The Bertz CT molecular complexity index is 826. The average molecular weight is 370 g/mol. The number of aryl methyl sites for hydroxylation is 2. The number of carbonyl (C=O) groups is 1. The van der Waals surface area contributed by atoms with Crippen molar-refractivity contribution in [2.24, 2.45) is 5.16 Å². The van der Waals surface area contributed by atoms with E-state index in [1.807, 2.05) is 55.9 Å². The van der Waals surface area contributed by atoms with E-state index in [9.17, 15) is 4.79 Å². The molecule has 0 aliphatic carbocycles. The Hall–Kier alpha value is -2.83. The Balaban J connectivity index is 1.65. The summed E-state index contributed by atoms with van der Waals surface area (Å²) in [6, 6.07) is 7.60. The van der Waals surface area contributed by atoms with Crippen LogP contribution in [0.15, 0.2) is 35.6 Å². The third-order valence-electron chi connectivity index (χ3n) is 4.79. The van der Waals surface area contributed by atoms with Gasteiger partial charge in [-0.25, -0.2) is 0 Å². The highest BCUT2D eigenvalue weighted by Gasteiger charge is 2.32. The molecular formula is C20H26N4O3. The first-order chi connectivity index (χ1) is 13.0. The first-order valence-corrected chi connectivity index (χ1v) is 9.24. The highest BCUT2D eigenvalue weighted by molar-refractivity contribution is 6.04. The highest BCUT2D eigenvalue weighted by Crippen LogP contribution is 2.21. The quantitative estimate of drug-likeness (QED) is 0.751. The van der Waals surface area contributed by atoms with Gasteiger partial charge in [0.25, 0.3) is 5.91 Å². The summed E-state index contributed by atoms with van der Waals surface area (Å²) >= 11 is 0. The minimum absolute atomic E-state index is 0.0478. The molecule has 0 fully saturated rings. The Morgan fingerprint density at radius 1 is 1.33 bits per heavy atom. The number of nitrogens with zero attached hydrogens (tertiary/aromatic N) is 4. The number of methoxy groups -OCH3 is 1. The van der Waals surface area contributed by atoms with Crippen LogP contribution >= 0.6 is 0 Å². The van der Waals surface area contributed by atoms with Crippen LogP contribution in [0.5, 0.6) is 5.75 Å². The molecule has 2 aromatic rings. The number of aromatic nitrogens is 2. The number of hydrogen-bond donors (Lipinski definition) is 0. The van der Waals surface area contributed by atoms with Crippen LogP contribution in [0, 0.1) is 6.92 Å². The third kappa shape index (κ3) is 4.13. The smallest absolute Gasteiger partial charge is 0.267 e. The van der Waals surface area contributed by atoms with Gasteiger partial charge < -0.3 is 14.5 Å². The number of likely N-dealkylation sites (N-methyl/N-ethyl adjacent to an activating group) is 1. The molecule has 1 aliphatic heterocycles. The largest absolute Gasteiger partial charge is 0.497 e. The van der Waals surface area contributed by atoms with Gasteiger partial charge in [0.1, 0.15) is 5.75 Å². The standard InChI is InChI=1S/C20H26N4O3/c1-5-23(12-16-13-24(6-2)21-14(16)3)20(25)19-11-18(22-27-19)15-7-9-17(26-4)10-8-15/h7-10,13,19H,5-6,11-12H2,1-4H3. The monoisotopic (exact) mass is 370 g/mol. The minimum Gasteiger partial charge on any atom is -0.497 e. The Morgan fingerprint density at radius 2 is 2.07 bits per heavy atom. The molecular weight excluding hydrogens is 344 g/mol.